The van der Waals surface area contributed by atoms with E-state index in [9.17, 15) is 14.4 Å². The maximum Gasteiger partial charge on any atom is 0.314 e. The molecule has 1 aromatic rings. The molecular formula is C13H16BrN3O4. The van der Waals surface area contributed by atoms with Crippen LogP contribution in [0.4, 0.5) is 10.5 Å². The predicted octanol–water partition coefficient (Wildman–Crippen LogP) is 1.55. The summed E-state index contributed by atoms with van der Waals surface area (Å²) in [6, 6.07) is 6.64. The Morgan fingerprint density at radius 1 is 1.00 bits per heavy atom. The van der Waals surface area contributed by atoms with E-state index in [-0.39, 0.29) is 31.8 Å². The minimum absolute atomic E-state index is 0.0479. The van der Waals surface area contributed by atoms with Crippen LogP contribution < -0.4 is 16.0 Å². The lowest BCUT2D eigenvalue weighted by molar-refractivity contribution is -0.136. The molecular weight excluding hydrogens is 342 g/mol. The molecule has 0 radical (unpaired) electrons. The van der Waals surface area contributed by atoms with Gasteiger partial charge >= 0.3 is 12.0 Å². The molecule has 1 rings (SSSR count). The maximum absolute atomic E-state index is 11.6. The van der Waals surface area contributed by atoms with Crippen molar-refractivity contribution >= 4 is 39.5 Å². The molecule has 7 nitrogen and oxygen atoms in total. The second-order valence-electron chi connectivity index (χ2n) is 4.13. The van der Waals surface area contributed by atoms with Crippen molar-refractivity contribution in [3.63, 3.8) is 0 Å². The molecule has 0 aliphatic heterocycles. The standard InChI is InChI=1S/C13H16BrN3O4/c14-9-1-3-10(4-2-9)17-11(18)5-7-15-13(21)16-8-6-12(19)20/h1-4H,5-8H2,(H,17,18)(H,19,20)(H2,15,16,21). The number of carboxylic acid groups (broad SMARTS) is 1. The maximum atomic E-state index is 11.6. The first-order valence-electron chi connectivity index (χ1n) is 6.26. The van der Waals surface area contributed by atoms with Gasteiger partial charge in [0.25, 0.3) is 0 Å². The number of carbonyl (C=O) groups is 3. The fourth-order valence-electron chi connectivity index (χ4n) is 1.39. The quantitative estimate of drug-likeness (QED) is 0.593. The van der Waals surface area contributed by atoms with Crippen LogP contribution in [0.1, 0.15) is 12.8 Å². The number of carboxylic acids is 1. The molecule has 0 spiro atoms. The van der Waals surface area contributed by atoms with Gasteiger partial charge in [-0.25, -0.2) is 4.79 Å². The number of urea groups is 1. The monoisotopic (exact) mass is 357 g/mol. The molecule has 8 heteroatoms. The number of nitrogens with one attached hydrogen (secondary N) is 3. The summed E-state index contributed by atoms with van der Waals surface area (Å²) in [6.07, 6.45) is -0.0140. The highest BCUT2D eigenvalue weighted by Crippen LogP contribution is 2.14. The highest BCUT2D eigenvalue weighted by Gasteiger charge is 2.05. The first kappa shape index (κ1) is 17.0. The number of hydrogen-bond acceptors (Lipinski definition) is 3. The van der Waals surface area contributed by atoms with E-state index in [4.69, 9.17) is 5.11 Å². The summed E-state index contributed by atoms with van der Waals surface area (Å²) in [7, 11) is 0. The van der Waals surface area contributed by atoms with Crippen LogP contribution in [0.15, 0.2) is 28.7 Å². The van der Waals surface area contributed by atoms with Gasteiger partial charge in [-0.1, -0.05) is 15.9 Å². The molecule has 0 aromatic heterocycles. The van der Waals surface area contributed by atoms with Gasteiger partial charge in [-0.3, -0.25) is 9.59 Å². The summed E-state index contributed by atoms with van der Waals surface area (Å²) in [4.78, 5) is 33.1. The molecule has 4 N–H and O–H groups in total. The zero-order chi connectivity index (χ0) is 15.7. The Hall–Kier alpha value is -2.09. The highest BCUT2D eigenvalue weighted by molar-refractivity contribution is 9.10. The normalized spacial score (nSPS) is 9.76. The van der Waals surface area contributed by atoms with Gasteiger partial charge in [-0.15, -0.1) is 0 Å². The van der Waals surface area contributed by atoms with Gasteiger partial charge in [0.2, 0.25) is 5.91 Å². The third kappa shape index (κ3) is 7.93. The number of carbonyl (C=O) groups excluding carboxylic acids is 2. The lowest BCUT2D eigenvalue weighted by Crippen LogP contribution is -2.38. The third-order valence-electron chi connectivity index (χ3n) is 2.39. The van der Waals surface area contributed by atoms with Crippen molar-refractivity contribution in [2.24, 2.45) is 0 Å². The number of benzene rings is 1. The van der Waals surface area contributed by atoms with Crippen molar-refractivity contribution in [1.29, 1.82) is 0 Å². The molecule has 0 atom stereocenters. The van der Waals surface area contributed by atoms with Crippen LogP contribution in [0.25, 0.3) is 0 Å². The second-order valence-corrected chi connectivity index (χ2v) is 5.05. The number of halogens is 1. The van der Waals surface area contributed by atoms with Crippen LogP contribution in [-0.2, 0) is 9.59 Å². The molecule has 114 valence electrons. The fourth-order valence-corrected chi connectivity index (χ4v) is 1.66. The summed E-state index contributed by atoms with van der Waals surface area (Å²) >= 11 is 3.30. The number of rotatable bonds is 7. The Kier molecular flexibility index (Phi) is 7.24. The van der Waals surface area contributed by atoms with Crippen molar-refractivity contribution in [3.05, 3.63) is 28.7 Å². The van der Waals surface area contributed by atoms with Crippen molar-refractivity contribution in [2.45, 2.75) is 12.8 Å². The van der Waals surface area contributed by atoms with Gasteiger partial charge in [0.05, 0.1) is 6.42 Å². The zero-order valence-electron chi connectivity index (χ0n) is 11.2. The van der Waals surface area contributed by atoms with Crippen LogP contribution in [-0.4, -0.2) is 36.1 Å². The van der Waals surface area contributed by atoms with Crippen molar-refractivity contribution in [3.8, 4) is 0 Å². The van der Waals surface area contributed by atoms with E-state index >= 15 is 0 Å². The Bertz CT molecular complexity index is 505. The van der Waals surface area contributed by atoms with E-state index in [0.717, 1.165) is 4.47 Å². The van der Waals surface area contributed by atoms with E-state index in [0.29, 0.717) is 5.69 Å². The molecule has 3 amide bonds. The first-order chi connectivity index (χ1) is 9.97. The van der Waals surface area contributed by atoms with Crippen LogP contribution >= 0.6 is 15.9 Å². The minimum atomic E-state index is -0.982. The Balaban J connectivity index is 2.17. The summed E-state index contributed by atoms with van der Waals surface area (Å²) in [5.74, 6) is -1.20. The molecule has 1 aromatic carbocycles. The van der Waals surface area contributed by atoms with Gasteiger partial charge in [0, 0.05) is 29.7 Å². The number of amides is 3. The Morgan fingerprint density at radius 3 is 2.14 bits per heavy atom. The first-order valence-corrected chi connectivity index (χ1v) is 7.05. The molecule has 0 fully saturated rings. The zero-order valence-corrected chi connectivity index (χ0v) is 12.8. The van der Waals surface area contributed by atoms with E-state index in [2.05, 4.69) is 31.9 Å². The van der Waals surface area contributed by atoms with Crippen LogP contribution in [0.2, 0.25) is 0 Å². The molecule has 0 saturated heterocycles. The average Bonchev–Trinajstić information content (AvgIpc) is 2.41. The highest BCUT2D eigenvalue weighted by atomic mass is 79.9. The van der Waals surface area contributed by atoms with E-state index < -0.39 is 12.0 Å². The molecule has 0 aliphatic rings. The van der Waals surface area contributed by atoms with Crippen LogP contribution in [0, 0.1) is 0 Å². The number of anilines is 1. The predicted molar refractivity (Wildman–Crippen MR) is 81.0 cm³/mol. The van der Waals surface area contributed by atoms with Crippen LogP contribution in [0.3, 0.4) is 0 Å². The third-order valence-corrected chi connectivity index (χ3v) is 2.92. The van der Waals surface area contributed by atoms with Crippen LogP contribution in [0.5, 0.6) is 0 Å². The SMILES string of the molecule is O=C(O)CCNC(=O)NCCC(=O)Nc1ccc(Br)cc1. The number of aliphatic carboxylic acids is 1. The molecule has 0 unspecified atom stereocenters. The van der Waals surface area contributed by atoms with Gasteiger partial charge in [0.15, 0.2) is 0 Å². The lowest BCUT2D eigenvalue weighted by atomic mass is 10.3. The van der Waals surface area contributed by atoms with Crippen molar-refractivity contribution in [2.75, 3.05) is 18.4 Å². The van der Waals surface area contributed by atoms with Crippen molar-refractivity contribution in [1.82, 2.24) is 10.6 Å². The number of hydrogen-bond donors (Lipinski definition) is 4. The van der Waals surface area contributed by atoms with E-state index in [1.54, 1.807) is 12.1 Å². The molecule has 0 saturated carbocycles. The molecule has 21 heavy (non-hydrogen) atoms. The summed E-state index contributed by atoms with van der Waals surface area (Å²) in [6.45, 7) is 0.216. The van der Waals surface area contributed by atoms with E-state index in [1.807, 2.05) is 12.1 Å². The molecule has 0 aliphatic carbocycles. The molecule has 0 heterocycles. The largest absolute Gasteiger partial charge is 0.481 e. The van der Waals surface area contributed by atoms with Gasteiger partial charge in [-0.05, 0) is 24.3 Å². The summed E-state index contributed by atoms with van der Waals surface area (Å²) in [5, 5.41) is 15.9. The lowest BCUT2D eigenvalue weighted by Gasteiger charge is -2.07. The fraction of sp³-hybridized carbons (Fsp3) is 0.308. The minimum Gasteiger partial charge on any atom is -0.481 e. The molecule has 0 bridgehead atoms. The smallest absolute Gasteiger partial charge is 0.314 e. The van der Waals surface area contributed by atoms with Crippen molar-refractivity contribution < 1.29 is 19.5 Å². The summed E-state index contributed by atoms with van der Waals surface area (Å²) < 4.78 is 0.917. The topological polar surface area (TPSA) is 108 Å². The van der Waals surface area contributed by atoms with Gasteiger partial charge < -0.3 is 21.1 Å². The van der Waals surface area contributed by atoms with Gasteiger partial charge in [0.1, 0.15) is 0 Å². The van der Waals surface area contributed by atoms with Gasteiger partial charge in [-0.2, -0.15) is 0 Å². The summed E-state index contributed by atoms with van der Waals surface area (Å²) in [5.41, 5.74) is 0.675. The van der Waals surface area contributed by atoms with E-state index in [1.165, 1.54) is 0 Å². The Labute approximate surface area is 130 Å². The second kappa shape index (κ2) is 8.96. The average molecular weight is 358 g/mol. The Morgan fingerprint density at radius 2 is 1.57 bits per heavy atom.